The molecule has 2 rings (SSSR count). The first kappa shape index (κ1) is 14.1. The Balaban J connectivity index is 2.21. The minimum atomic E-state index is -0.976. The van der Waals surface area contributed by atoms with E-state index in [9.17, 15) is 19.3 Å². The molecule has 1 amide bonds. The normalized spacial score (nSPS) is 9.71. The predicted octanol–water partition coefficient (Wildman–Crippen LogP) is 2.86. The van der Waals surface area contributed by atoms with Gasteiger partial charge in [0, 0.05) is 17.3 Å². The lowest BCUT2D eigenvalue weighted by Crippen LogP contribution is -2.12. The average molecular weight is 285 g/mol. The van der Waals surface area contributed by atoms with Crippen LogP contribution >= 0.6 is 0 Å². The fourth-order valence-corrected chi connectivity index (χ4v) is 1.63. The molecule has 2 aromatic carbocycles. The van der Waals surface area contributed by atoms with Crippen LogP contribution in [0.1, 0.15) is 15.9 Å². The van der Waals surface area contributed by atoms with Gasteiger partial charge in [-0.3, -0.25) is 14.9 Å². The van der Waals surface area contributed by atoms with Gasteiger partial charge in [0.1, 0.15) is 0 Å². The number of amides is 1. The number of carbonyl (C=O) groups is 1. The molecule has 0 aliphatic heterocycles. The summed E-state index contributed by atoms with van der Waals surface area (Å²) in [6.07, 6.45) is 0. The largest absolute Gasteiger partial charge is 0.322 e. The first-order valence-electron chi connectivity index (χ1n) is 5.76. The predicted molar refractivity (Wildman–Crippen MR) is 72.2 cm³/mol. The minimum Gasteiger partial charge on any atom is -0.322 e. The molecule has 0 saturated heterocycles. The second kappa shape index (κ2) is 5.79. The van der Waals surface area contributed by atoms with Gasteiger partial charge in [-0.05, 0) is 36.4 Å². The van der Waals surface area contributed by atoms with E-state index in [1.807, 2.05) is 6.07 Å². The van der Waals surface area contributed by atoms with E-state index in [-0.39, 0.29) is 11.3 Å². The van der Waals surface area contributed by atoms with Crippen molar-refractivity contribution in [1.29, 1.82) is 5.26 Å². The van der Waals surface area contributed by atoms with Gasteiger partial charge in [-0.1, -0.05) is 0 Å². The Morgan fingerprint density at radius 3 is 2.48 bits per heavy atom. The number of nitro benzene ring substituents is 1. The van der Waals surface area contributed by atoms with Gasteiger partial charge < -0.3 is 5.32 Å². The van der Waals surface area contributed by atoms with Gasteiger partial charge in [0.25, 0.3) is 5.91 Å². The highest BCUT2D eigenvalue weighted by molar-refractivity contribution is 6.04. The van der Waals surface area contributed by atoms with Crippen LogP contribution in [0.3, 0.4) is 0 Å². The third-order valence-electron chi connectivity index (χ3n) is 2.68. The van der Waals surface area contributed by atoms with Crippen LogP contribution in [-0.4, -0.2) is 10.8 Å². The van der Waals surface area contributed by atoms with Gasteiger partial charge >= 0.3 is 5.69 Å². The van der Waals surface area contributed by atoms with E-state index in [0.717, 1.165) is 12.1 Å². The van der Waals surface area contributed by atoms with Gasteiger partial charge in [0.15, 0.2) is 0 Å². The Kier molecular flexibility index (Phi) is 3.90. The summed E-state index contributed by atoms with van der Waals surface area (Å²) in [5.41, 5.74) is 0.0787. The van der Waals surface area contributed by atoms with Crippen LogP contribution < -0.4 is 5.32 Å². The molecule has 0 unspecified atom stereocenters. The average Bonchev–Trinajstić information content (AvgIpc) is 2.49. The number of nitriles is 1. The molecule has 0 aliphatic carbocycles. The van der Waals surface area contributed by atoms with E-state index in [1.54, 1.807) is 0 Å². The molecule has 1 N–H and O–H groups in total. The van der Waals surface area contributed by atoms with Crippen LogP contribution in [0.25, 0.3) is 0 Å². The molecule has 0 bridgehead atoms. The van der Waals surface area contributed by atoms with E-state index in [1.165, 1.54) is 30.3 Å². The van der Waals surface area contributed by atoms with Crippen LogP contribution in [0.5, 0.6) is 0 Å². The summed E-state index contributed by atoms with van der Waals surface area (Å²) in [5, 5.41) is 21.7. The number of anilines is 1. The fourth-order valence-electron chi connectivity index (χ4n) is 1.63. The lowest BCUT2D eigenvalue weighted by molar-refractivity contribution is -0.387. The van der Waals surface area contributed by atoms with Crippen LogP contribution in [-0.2, 0) is 0 Å². The summed E-state index contributed by atoms with van der Waals surface area (Å²) in [7, 11) is 0. The number of carbonyl (C=O) groups excluding carboxylic acids is 1. The third-order valence-corrected chi connectivity index (χ3v) is 2.68. The molecule has 21 heavy (non-hydrogen) atoms. The van der Waals surface area contributed by atoms with Crippen molar-refractivity contribution in [3.05, 3.63) is 69.5 Å². The van der Waals surface area contributed by atoms with Gasteiger partial charge in [0.05, 0.1) is 16.6 Å². The van der Waals surface area contributed by atoms with Crippen molar-refractivity contribution < 1.29 is 14.1 Å². The Morgan fingerprint density at radius 1 is 1.24 bits per heavy atom. The second-order valence-electron chi connectivity index (χ2n) is 4.07. The van der Waals surface area contributed by atoms with E-state index in [4.69, 9.17) is 5.26 Å². The summed E-state index contributed by atoms with van der Waals surface area (Å²) >= 11 is 0. The zero-order chi connectivity index (χ0) is 15.4. The maximum absolute atomic E-state index is 13.2. The summed E-state index contributed by atoms with van der Waals surface area (Å²) in [6, 6.07) is 10.8. The summed E-state index contributed by atoms with van der Waals surface area (Å²) in [5.74, 6) is -1.49. The number of nitro groups is 1. The van der Waals surface area contributed by atoms with Crippen LogP contribution in [0.15, 0.2) is 42.5 Å². The molecule has 0 heterocycles. The SMILES string of the molecule is N#Cc1ccc(C(=O)Nc2ccc(F)c([N+](=O)[O-])c2)cc1. The third kappa shape index (κ3) is 3.19. The van der Waals surface area contributed by atoms with Crippen molar-refractivity contribution in [2.75, 3.05) is 5.32 Å². The number of nitrogens with zero attached hydrogens (tertiary/aromatic N) is 2. The topological polar surface area (TPSA) is 96.0 Å². The number of hydrogen-bond donors (Lipinski definition) is 1. The molecular formula is C14H8FN3O3. The number of rotatable bonds is 3. The summed E-state index contributed by atoms with van der Waals surface area (Å²) in [6.45, 7) is 0. The van der Waals surface area contributed by atoms with Gasteiger partial charge in [-0.2, -0.15) is 9.65 Å². The Bertz CT molecular complexity index is 751. The number of hydrogen-bond acceptors (Lipinski definition) is 4. The van der Waals surface area contributed by atoms with Gasteiger partial charge in [-0.25, -0.2) is 0 Å². The molecule has 0 aliphatic rings. The Labute approximate surface area is 118 Å². The molecule has 104 valence electrons. The standard InChI is InChI=1S/C14H8FN3O3/c15-12-6-5-11(7-13(12)18(20)21)17-14(19)10-3-1-9(8-16)2-4-10/h1-7H,(H,17,19). The van der Waals surface area contributed by atoms with Crippen LogP contribution in [0.4, 0.5) is 15.8 Å². The molecule has 0 radical (unpaired) electrons. The van der Waals surface area contributed by atoms with Crippen molar-refractivity contribution in [2.45, 2.75) is 0 Å². The fraction of sp³-hybridized carbons (Fsp3) is 0. The lowest BCUT2D eigenvalue weighted by Gasteiger charge is -2.05. The number of nitrogens with one attached hydrogen (secondary N) is 1. The molecular weight excluding hydrogens is 277 g/mol. The molecule has 0 atom stereocenters. The monoisotopic (exact) mass is 285 g/mol. The van der Waals surface area contributed by atoms with Crippen molar-refractivity contribution >= 4 is 17.3 Å². The molecule has 0 aromatic heterocycles. The zero-order valence-corrected chi connectivity index (χ0v) is 10.5. The van der Waals surface area contributed by atoms with E-state index in [2.05, 4.69) is 5.32 Å². The van der Waals surface area contributed by atoms with E-state index in [0.29, 0.717) is 5.56 Å². The molecule has 0 spiro atoms. The lowest BCUT2D eigenvalue weighted by atomic mass is 10.1. The highest BCUT2D eigenvalue weighted by Crippen LogP contribution is 2.22. The summed E-state index contributed by atoms with van der Waals surface area (Å²) < 4.78 is 13.2. The Morgan fingerprint density at radius 2 is 1.90 bits per heavy atom. The maximum Gasteiger partial charge on any atom is 0.306 e. The molecule has 0 fully saturated rings. The van der Waals surface area contributed by atoms with Crippen molar-refractivity contribution in [1.82, 2.24) is 0 Å². The molecule has 0 saturated carbocycles. The zero-order valence-electron chi connectivity index (χ0n) is 10.5. The number of benzene rings is 2. The molecule has 7 heteroatoms. The Hall–Kier alpha value is -3.27. The first-order valence-corrected chi connectivity index (χ1v) is 5.76. The first-order chi connectivity index (χ1) is 10.0. The smallest absolute Gasteiger partial charge is 0.306 e. The second-order valence-corrected chi connectivity index (χ2v) is 4.07. The van der Waals surface area contributed by atoms with E-state index < -0.39 is 22.3 Å². The van der Waals surface area contributed by atoms with E-state index >= 15 is 0 Å². The number of halogens is 1. The van der Waals surface area contributed by atoms with Crippen molar-refractivity contribution in [3.63, 3.8) is 0 Å². The molecule has 2 aromatic rings. The van der Waals surface area contributed by atoms with Crippen molar-refractivity contribution in [2.24, 2.45) is 0 Å². The van der Waals surface area contributed by atoms with Crippen LogP contribution in [0.2, 0.25) is 0 Å². The summed E-state index contributed by atoms with van der Waals surface area (Å²) in [4.78, 5) is 21.7. The minimum absolute atomic E-state index is 0.109. The van der Waals surface area contributed by atoms with Gasteiger partial charge in [0.2, 0.25) is 5.82 Å². The van der Waals surface area contributed by atoms with Gasteiger partial charge in [-0.15, -0.1) is 0 Å². The van der Waals surface area contributed by atoms with Crippen molar-refractivity contribution in [3.8, 4) is 6.07 Å². The highest BCUT2D eigenvalue weighted by atomic mass is 19.1. The molecule has 6 nitrogen and oxygen atoms in total. The highest BCUT2D eigenvalue weighted by Gasteiger charge is 2.15. The quantitative estimate of drug-likeness (QED) is 0.692. The maximum atomic E-state index is 13.2. The van der Waals surface area contributed by atoms with Crippen LogP contribution in [0, 0.1) is 27.3 Å².